The molecular formula is C15H19FN4O3. The molecule has 8 heteroatoms. The minimum absolute atomic E-state index is 0.0559. The van der Waals surface area contributed by atoms with E-state index in [1.807, 2.05) is 0 Å². The van der Waals surface area contributed by atoms with E-state index in [1.165, 1.54) is 0 Å². The Balaban J connectivity index is 1.98. The van der Waals surface area contributed by atoms with Crippen molar-refractivity contribution in [3.63, 3.8) is 0 Å². The van der Waals surface area contributed by atoms with Gasteiger partial charge in [0.15, 0.2) is 11.5 Å². The highest BCUT2D eigenvalue weighted by molar-refractivity contribution is 5.64. The summed E-state index contributed by atoms with van der Waals surface area (Å²) in [6.07, 6.45) is 3.72. The summed E-state index contributed by atoms with van der Waals surface area (Å²) in [7, 11) is 0. The number of hydrogen-bond donors (Lipinski definition) is 2. The van der Waals surface area contributed by atoms with Crippen molar-refractivity contribution in [2.24, 2.45) is 0 Å². The number of nitrogens with zero attached hydrogens (tertiary/aromatic N) is 3. The normalized spacial score (nSPS) is 11.7. The number of hydrogen-bond acceptors (Lipinski definition) is 4. The molecule has 0 aliphatic rings. The molecule has 0 aliphatic heterocycles. The Bertz CT molecular complexity index is 699. The molecule has 2 rings (SSSR count). The van der Waals surface area contributed by atoms with Gasteiger partial charge in [-0.25, -0.2) is 18.7 Å². The van der Waals surface area contributed by atoms with Gasteiger partial charge in [0.05, 0.1) is 12.5 Å². The van der Waals surface area contributed by atoms with E-state index in [0.29, 0.717) is 12.1 Å². The second-order valence-corrected chi connectivity index (χ2v) is 5.01. The highest BCUT2D eigenvalue weighted by Crippen LogP contribution is 2.14. The topological polar surface area (TPSA) is 88.8 Å². The van der Waals surface area contributed by atoms with Gasteiger partial charge in [0.1, 0.15) is 12.4 Å². The number of unbranched alkanes of at least 4 members (excludes halogenated alkanes) is 1. The highest BCUT2D eigenvalue weighted by Gasteiger charge is 2.06. The average Bonchev–Trinajstić information content (AvgIpc) is 2.94. The molecule has 2 aromatic heterocycles. The molecule has 0 radical (unpaired) electrons. The molecule has 0 fully saturated rings. The van der Waals surface area contributed by atoms with Gasteiger partial charge in [0, 0.05) is 18.5 Å². The lowest BCUT2D eigenvalue weighted by Gasteiger charge is -2.08. The molecule has 0 atom stereocenters. The van der Waals surface area contributed by atoms with Crippen molar-refractivity contribution in [2.45, 2.75) is 26.2 Å². The van der Waals surface area contributed by atoms with E-state index in [0.717, 1.165) is 30.7 Å². The summed E-state index contributed by atoms with van der Waals surface area (Å²) in [4.78, 5) is 14.8. The van der Waals surface area contributed by atoms with Crippen LogP contribution in [0.25, 0.3) is 5.65 Å². The largest absolute Gasteiger partial charge is 0.487 e. The predicted molar refractivity (Wildman–Crippen MR) is 82.3 cm³/mol. The Morgan fingerprint density at radius 1 is 1.52 bits per heavy atom. The molecule has 23 heavy (non-hydrogen) atoms. The van der Waals surface area contributed by atoms with Gasteiger partial charge in [-0.15, -0.1) is 0 Å². The van der Waals surface area contributed by atoms with Crippen LogP contribution < -0.4 is 10.1 Å². The molecule has 0 aromatic carbocycles. The maximum Gasteiger partial charge on any atom is 0.404 e. The summed E-state index contributed by atoms with van der Waals surface area (Å²) in [6.45, 7) is 1.93. The van der Waals surface area contributed by atoms with Crippen molar-refractivity contribution >= 4 is 11.7 Å². The lowest BCUT2D eigenvalue weighted by molar-refractivity contribution is 0.195. The van der Waals surface area contributed by atoms with Crippen LogP contribution in [0, 0.1) is 0 Å². The first-order valence-electron chi connectivity index (χ1n) is 7.35. The lowest BCUT2D eigenvalue weighted by Crippen LogP contribution is -2.25. The Labute approximate surface area is 132 Å². The van der Waals surface area contributed by atoms with Gasteiger partial charge >= 0.3 is 6.09 Å². The number of amides is 1. The molecule has 0 saturated heterocycles. The quantitative estimate of drug-likeness (QED) is 0.780. The van der Waals surface area contributed by atoms with Crippen LogP contribution in [-0.4, -0.2) is 38.9 Å². The van der Waals surface area contributed by atoms with Gasteiger partial charge in [-0.05, 0) is 18.6 Å². The smallest absolute Gasteiger partial charge is 0.404 e. The molecule has 7 nitrogen and oxygen atoms in total. The highest BCUT2D eigenvalue weighted by atomic mass is 19.1. The van der Waals surface area contributed by atoms with E-state index < -0.39 is 6.09 Å². The first-order valence-corrected chi connectivity index (χ1v) is 7.35. The van der Waals surface area contributed by atoms with E-state index in [-0.39, 0.29) is 18.7 Å². The minimum Gasteiger partial charge on any atom is -0.487 e. The number of aryl methyl sites for hydroxylation is 1. The SMILES string of the molecule is CCCCc1nc2ccc(OC/C(=C/F)CNC(=O)O)cn2n1. The van der Waals surface area contributed by atoms with Crippen molar-refractivity contribution < 1.29 is 19.0 Å². The predicted octanol–water partition coefficient (Wildman–Crippen LogP) is 2.57. The van der Waals surface area contributed by atoms with E-state index in [2.05, 4.69) is 22.3 Å². The molecule has 0 unspecified atom stereocenters. The minimum atomic E-state index is -1.21. The fourth-order valence-corrected chi connectivity index (χ4v) is 1.92. The zero-order valence-electron chi connectivity index (χ0n) is 12.8. The third-order valence-electron chi connectivity index (χ3n) is 3.15. The van der Waals surface area contributed by atoms with Crippen LogP contribution in [-0.2, 0) is 6.42 Å². The maximum absolute atomic E-state index is 12.7. The number of pyridine rings is 1. The van der Waals surface area contributed by atoms with Gasteiger partial charge in [0.25, 0.3) is 0 Å². The molecule has 1 amide bonds. The number of carbonyl (C=O) groups is 1. The van der Waals surface area contributed by atoms with Crippen LogP contribution in [0.15, 0.2) is 30.2 Å². The van der Waals surface area contributed by atoms with Crippen LogP contribution in [0.1, 0.15) is 25.6 Å². The van der Waals surface area contributed by atoms with E-state index in [1.54, 1.807) is 22.8 Å². The van der Waals surface area contributed by atoms with Crippen molar-refractivity contribution in [1.82, 2.24) is 19.9 Å². The number of carboxylic acid groups (broad SMARTS) is 1. The number of rotatable bonds is 8. The second-order valence-electron chi connectivity index (χ2n) is 5.01. The Hall–Kier alpha value is -2.64. The van der Waals surface area contributed by atoms with Gasteiger partial charge in [-0.3, -0.25) is 0 Å². The first-order chi connectivity index (χ1) is 11.1. The molecule has 2 heterocycles. The monoisotopic (exact) mass is 322 g/mol. The molecule has 0 saturated carbocycles. The number of halogens is 1. The Morgan fingerprint density at radius 2 is 2.35 bits per heavy atom. The van der Waals surface area contributed by atoms with Crippen LogP contribution >= 0.6 is 0 Å². The summed E-state index contributed by atoms with van der Waals surface area (Å²) >= 11 is 0. The second kappa shape index (κ2) is 8.11. The van der Waals surface area contributed by atoms with E-state index in [9.17, 15) is 9.18 Å². The summed E-state index contributed by atoms with van der Waals surface area (Å²) in [5.74, 6) is 1.28. The summed E-state index contributed by atoms with van der Waals surface area (Å²) < 4.78 is 19.8. The number of ether oxygens (including phenoxy) is 1. The molecule has 0 aliphatic carbocycles. The molecule has 2 N–H and O–H groups in total. The fourth-order valence-electron chi connectivity index (χ4n) is 1.92. The fraction of sp³-hybridized carbons (Fsp3) is 0.400. The van der Waals surface area contributed by atoms with Crippen LogP contribution in [0.4, 0.5) is 9.18 Å². The summed E-state index contributed by atoms with van der Waals surface area (Å²) in [6, 6.07) is 3.49. The zero-order chi connectivity index (χ0) is 16.7. The third-order valence-corrected chi connectivity index (χ3v) is 3.15. The Kier molecular flexibility index (Phi) is 5.90. The van der Waals surface area contributed by atoms with E-state index >= 15 is 0 Å². The number of fused-ring (bicyclic) bond motifs is 1. The van der Waals surface area contributed by atoms with E-state index in [4.69, 9.17) is 9.84 Å². The molecule has 2 aromatic rings. The average molecular weight is 322 g/mol. The van der Waals surface area contributed by atoms with Gasteiger partial charge < -0.3 is 15.2 Å². The zero-order valence-corrected chi connectivity index (χ0v) is 12.8. The number of aromatic nitrogens is 3. The van der Waals surface area contributed by atoms with Crippen molar-refractivity contribution in [1.29, 1.82) is 0 Å². The Morgan fingerprint density at radius 3 is 3.04 bits per heavy atom. The van der Waals surface area contributed by atoms with Crippen molar-refractivity contribution in [2.75, 3.05) is 13.2 Å². The first kappa shape index (κ1) is 16.7. The van der Waals surface area contributed by atoms with Crippen LogP contribution in [0.3, 0.4) is 0 Å². The van der Waals surface area contributed by atoms with Gasteiger partial charge in [-0.2, -0.15) is 5.10 Å². The van der Waals surface area contributed by atoms with Crippen LogP contribution in [0.2, 0.25) is 0 Å². The molecule has 0 spiro atoms. The van der Waals surface area contributed by atoms with Crippen molar-refractivity contribution in [3.05, 3.63) is 36.1 Å². The van der Waals surface area contributed by atoms with Gasteiger partial charge in [0.2, 0.25) is 0 Å². The molecule has 0 bridgehead atoms. The van der Waals surface area contributed by atoms with Crippen molar-refractivity contribution in [3.8, 4) is 5.75 Å². The number of nitrogens with one attached hydrogen (secondary N) is 1. The lowest BCUT2D eigenvalue weighted by atomic mass is 10.2. The van der Waals surface area contributed by atoms with Crippen LogP contribution in [0.5, 0.6) is 5.75 Å². The summed E-state index contributed by atoms with van der Waals surface area (Å²) in [5, 5.41) is 15.0. The molecule has 124 valence electrons. The standard InChI is InChI=1S/C15H19FN4O3/c1-2-3-4-13-18-14-6-5-12(9-20(14)19-13)23-10-11(7-16)8-17-15(21)22/h5-7,9,17H,2-4,8,10H2,1H3,(H,21,22)/b11-7+. The van der Waals surface area contributed by atoms with Gasteiger partial charge in [-0.1, -0.05) is 13.3 Å². The molecular weight excluding hydrogens is 303 g/mol. The maximum atomic E-state index is 12.7. The third kappa shape index (κ3) is 4.94. The summed E-state index contributed by atoms with van der Waals surface area (Å²) in [5.41, 5.74) is 0.909.